The van der Waals surface area contributed by atoms with E-state index in [9.17, 15) is 9.59 Å². The molecule has 2 atom stereocenters. The number of carbonyl (C=O) groups is 2. The Morgan fingerprint density at radius 1 is 0.946 bits per heavy atom. The molecule has 0 saturated carbocycles. The molecule has 0 aliphatic carbocycles. The van der Waals surface area contributed by atoms with Crippen LogP contribution in [0.3, 0.4) is 0 Å². The fourth-order valence-corrected chi connectivity index (χ4v) is 6.40. The summed E-state index contributed by atoms with van der Waals surface area (Å²) in [6.07, 6.45) is 1.53. The van der Waals surface area contributed by atoms with E-state index >= 15 is 0 Å². The molecule has 0 radical (unpaired) electrons. The molecule has 0 N–H and O–H groups in total. The first-order valence-electron chi connectivity index (χ1n) is 13.1. The zero-order chi connectivity index (χ0) is 25.6. The van der Waals surface area contributed by atoms with E-state index in [1.807, 2.05) is 58.4 Å². The summed E-state index contributed by atoms with van der Waals surface area (Å²) < 4.78 is 5.65. The first-order chi connectivity index (χ1) is 18.1. The minimum absolute atomic E-state index is 0.0129. The topological polar surface area (TPSA) is 53.1 Å². The van der Waals surface area contributed by atoms with E-state index in [0.29, 0.717) is 32.7 Å². The van der Waals surface area contributed by atoms with Crippen molar-refractivity contribution >= 4 is 23.2 Å². The van der Waals surface area contributed by atoms with Gasteiger partial charge in [0.1, 0.15) is 6.61 Å². The van der Waals surface area contributed by atoms with Gasteiger partial charge >= 0.3 is 0 Å². The Balaban J connectivity index is 1.12. The molecule has 2 amide bonds. The average molecular weight is 518 g/mol. The van der Waals surface area contributed by atoms with Crippen LogP contribution < -0.4 is 0 Å². The van der Waals surface area contributed by atoms with Crippen molar-refractivity contribution in [3.63, 3.8) is 0 Å². The monoisotopic (exact) mass is 517 g/mol. The highest BCUT2D eigenvalue weighted by molar-refractivity contribution is 7.10. The summed E-state index contributed by atoms with van der Waals surface area (Å²) in [5.74, 6) is 0.156. The number of hydrogen-bond acceptors (Lipinski definition) is 5. The van der Waals surface area contributed by atoms with Gasteiger partial charge in [-0.05, 0) is 41.5 Å². The van der Waals surface area contributed by atoms with Crippen molar-refractivity contribution in [1.82, 2.24) is 14.7 Å². The van der Waals surface area contributed by atoms with Crippen LogP contribution in [-0.2, 0) is 27.4 Å². The molecule has 1 fully saturated rings. The van der Waals surface area contributed by atoms with Gasteiger partial charge in [0.2, 0.25) is 11.8 Å². The molecule has 0 bridgehead atoms. The van der Waals surface area contributed by atoms with E-state index in [4.69, 9.17) is 4.74 Å². The lowest BCUT2D eigenvalue weighted by atomic mass is 9.93. The fourth-order valence-electron chi connectivity index (χ4n) is 5.50. The largest absolute Gasteiger partial charge is 0.367 e. The van der Waals surface area contributed by atoms with Crippen molar-refractivity contribution in [3.05, 3.63) is 93.7 Å². The van der Waals surface area contributed by atoms with Crippen LogP contribution in [0.4, 0.5) is 0 Å². The number of nitrogens with zero attached hydrogens (tertiary/aromatic N) is 3. The standard InChI is InChI=1S/C30H35N3O3S/c1-23-20-32(17-18-33(23)29(35)22-36-21-24-8-4-2-5-9-24)28(34)13-16-31-15-12-27-26(14-19-37-27)30(31)25-10-6-3-7-11-25/h2-11,14,19,23,30H,12-13,15-18,20-22H2,1H3/t23-,30+/m0/s1. The molecule has 5 rings (SSSR count). The average Bonchev–Trinajstić information content (AvgIpc) is 3.41. The predicted molar refractivity (Wildman–Crippen MR) is 146 cm³/mol. The fraction of sp³-hybridized carbons (Fsp3) is 0.400. The molecular formula is C30H35N3O3S. The minimum atomic E-state index is -0.0223. The van der Waals surface area contributed by atoms with Gasteiger partial charge in [-0.1, -0.05) is 60.7 Å². The van der Waals surface area contributed by atoms with Gasteiger partial charge in [-0.15, -0.1) is 11.3 Å². The molecule has 0 spiro atoms. The summed E-state index contributed by atoms with van der Waals surface area (Å²) in [6.45, 7) is 5.89. The molecule has 0 unspecified atom stereocenters. The van der Waals surface area contributed by atoms with E-state index in [0.717, 1.165) is 25.1 Å². The molecule has 1 aromatic heterocycles. The van der Waals surface area contributed by atoms with Crippen LogP contribution in [0.2, 0.25) is 0 Å². The Hall–Kier alpha value is -3.00. The molecule has 3 aromatic rings. The van der Waals surface area contributed by atoms with Gasteiger partial charge in [-0.2, -0.15) is 0 Å². The van der Waals surface area contributed by atoms with Gasteiger partial charge in [0, 0.05) is 50.1 Å². The molecule has 3 heterocycles. The molecule has 194 valence electrons. The van der Waals surface area contributed by atoms with E-state index in [-0.39, 0.29) is 30.5 Å². The first-order valence-corrected chi connectivity index (χ1v) is 14.0. The maximum absolute atomic E-state index is 13.2. The van der Waals surface area contributed by atoms with Crippen molar-refractivity contribution in [1.29, 1.82) is 0 Å². The third kappa shape index (κ3) is 6.12. The van der Waals surface area contributed by atoms with Crippen LogP contribution in [0.5, 0.6) is 0 Å². The number of hydrogen-bond donors (Lipinski definition) is 0. The van der Waals surface area contributed by atoms with Gasteiger partial charge in [-0.3, -0.25) is 14.5 Å². The van der Waals surface area contributed by atoms with Crippen molar-refractivity contribution in [2.45, 2.75) is 38.5 Å². The SMILES string of the molecule is C[C@H]1CN(C(=O)CCN2CCc3sccc3[C@H]2c2ccccc2)CCN1C(=O)COCc1ccccc1. The lowest BCUT2D eigenvalue weighted by Gasteiger charge is -2.40. The number of amides is 2. The molecule has 2 aliphatic rings. The van der Waals surface area contributed by atoms with Gasteiger partial charge < -0.3 is 14.5 Å². The van der Waals surface area contributed by atoms with Crippen molar-refractivity contribution in [2.75, 3.05) is 39.3 Å². The summed E-state index contributed by atoms with van der Waals surface area (Å²) in [4.78, 5) is 33.6. The Kier molecular flexibility index (Phi) is 8.34. The number of ether oxygens (including phenoxy) is 1. The number of piperazine rings is 1. The third-order valence-corrected chi connectivity index (χ3v) is 8.43. The second-order valence-electron chi connectivity index (χ2n) is 9.90. The Labute approximate surface area is 223 Å². The maximum Gasteiger partial charge on any atom is 0.248 e. The zero-order valence-electron chi connectivity index (χ0n) is 21.4. The molecule has 7 heteroatoms. The number of carbonyl (C=O) groups excluding carboxylic acids is 2. The van der Waals surface area contributed by atoms with Gasteiger partial charge in [0.25, 0.3) is 0 Å². The molecular weight excluding hydrogens is 482 g/mol. The Morgan fingerprint density at radius 2 is 1.70 bits per heavy atom. The predicted octanol–water partition coefficient (Wildman–Crippen LogP) is 4.36. The highest BCUT2D eigenvalue weighted by Gasteiger charge is 2.32. The van der Waals surface area contributed by atoms with Crippen molar-refractivity contribution in [2.24, 2.45) is 0 Å². The highest BCUT2D eigenvalue weighted by Crippen LogP contribution is 2.37. The molecule has 2 aliphatic heterocycles. The van der Waals surface area contributed by atoms with E-state index < -0.39 is 0 Å². The van der Waals surface area contributed by atoms with E-state index in [1.165, 1.54) is 16.0 Å². The van der Waals surface area contributed by atoms with Gasteiger partial charge in [0.15, 0.2) is 0 Å². The summed E-state index contributed by atoms with van der Waals surface area (Å²) >= 11 is 1.84. The first kappa shape index (κ1) is 25.6. The lowest BCUT2D eigenvalue weighted by Crippen LogP contribution is -2.56. The second-order valence-corrected chi connectivity index (χ2v) is 10.9. The van der Waals surface area contributed by atoms with E-state index in [2.05, 4.69) is 46.7 Å². The molecule has 37 heavy (non-hydrogen) atoms. The second kappa shape index (κ2) is 12.0. The molecule has 6 nitrogen and oxygen atoms in total. The minimum Gasteiger partial charge on any atom is -0.367 e. The van der Waals surface area contributed by atoms with Crippen LogP contribution in [0.15, 0.2) is 72.1 Å². The Morgan fingerprint density at radius 3 is 2.46 bits per heavy atom. The zero-order valence-corrected chi connectivity index (χ0v) is 22.2. The van der Waals surface area contributed by atoms with Gasteiger partial charge in [-0.25, -0.2) is 0 Å². The van der Waals surface area contributed by atoms with Crippen LogP contribution in [0, 0.1) is 0 Å². The third-order valence-electron chi connectivity index (χ3n) is 7.43. The summed E-state index contributed by atoms with van der Waals surface area (Å²) in [6, 6.07) is 22.9. The smallest absolute Gasteiger partial charge is 0.248 e. The van der Waals surface area contributed by atoms with Gasteiger partial charge in [0.05, 0.1) is 12.6 Å². The van der Waals surface area contributed by atoms with Crippen LogP contribution in [0.25, 0.3) is 0 Å². The number of thiophene rings is 1. The van der Waals surface area contributed by atoms with Crippen LogP contribution in [0.1, 0.15) is 41.0 Å². The van der Waals surface area contributed by atoms with Crippen LogP contribution >= 0.6 is 11.3 Å². The molecule has 1 saturated heterocycles. The number of benzene rings is 2. The quantitative estimate of drug-likeness (QED) is 0.446. The number of rotatable bonds is 8. The summed E-state index contributed by atoms with van der Waals surface area (Å²) in [5, 5.41) is 2.18. The Bertz CT molecular complexity index is 1180. The highest BCUT2D eigenvalue weighted by atomic mass is 32.1. The normalized spacial score (nSPS) is 20.0. The van der Waals surface area contributed by atoms with Crippen molar-refractivity contribution < 1.29 is 14.3 Å². The summed E-state index contributed by atoms with van der Waals surface area (Å²) in [5.41, 5.74) is 3.71. The maximum atomic E-state index is 13.2. The lowest BCUT2D eigenvalue weighted by molar-refractivity contribution is -0.146. The van der Waals surface area contributed by atoms with Crippen molar-refractivity contribution in [3.8, 4) is 0 Å². The molecule has 2 aromatic carbocycles. The van der Waals surface area contributed by atoms with Crippen LogP contribution in [-0.4, -0.2) is 71.9 Å². The number of fused-ring (bicyclic) bond motifs is 1. The summed E-state index contributed by atoms with van der Waals surface area (Å²) in [7, 11) is 0. The van der Waals surface area contributed by atoms with E-state index in [1.54, 1.807) is 0 Å².